The summed E-state index contributed by atoms with van der Waals surface area (Å²) in [5, 5.41) is 7.40. The number of hydrogen-bond acceptors (Lipinski definition) is 5. The lowest BCUT2D eigenvalue weighted by molar-refractivity contribution is -0.121. The Bertz CT molecular complexity index is 1470. The summed E-state index contributed by atoms with van der Waals surface area (Å²) >= 11 is 1.23. The zero-order valence-corrected chi connectivity index (χ0v) is 20.1. The molecule has 180 valence electrons. The fourth-order valence-corrected chi connectivity index (χ4v) is 4.66. The van der Waals surface area contributed by atoms with Crippen molar-refractivity contribution < 1.29 is 9.59 Å². The number of hydrogen-bond donors (Lipinski definition) is 2. The highest BCUT2D eigenvalue weighted by Gasteiger charge is 2.17. The summed E-state index contributed by atoms with van der Waals surface area (Å²) in [7, 11) is 0. The highest BCUT2D eigenvalue weighted by molar-refractivity contribution is 7.17. The van der Waals surface area contributed by atoms with Crippen molar-refractivity contribution in [3.05, 3.63) is 98.0 Å². The van der Waals surface area contributed by atoms with E-state index in [1.165, 1.54) is 15.9 Å². The zero-order valence-electron chi connectivity index (χ0n) is 19.3. The number of carbonyl (C=O) groups is 2. The molecule has 2 heterocycles. The average Bonchev–Trinajstić information content (AvgIpc) is 3.35. The first-order valence-electron chi connectivity index (χ1n) is 11.3. The Hall–Kier alpha value is -3.98. The number of para-hydroxylation sites is 1. The van der Waals surface area contributed by atoms with Crippen LogP contribution in [0.5, 0.6) is 0 Å². The summed E-state index contributed by atoms with van der Waals surface area (Å²) in [6.45, 7) is 2.17. The predicted octanol–water partition coefficient (Wildman–Crippen LogP) is 3.27. The second-order valence-electron chi connectivity index (χ2n) is 8.19. The number of nitrogens with one attached hydrogen (secondary N) is 2. The molecule has 2 aromatic carbocycles. The summed E-state index contributed by atoms with van der Waals surface area (Å²) in [5.41, 5.74) is 2.03. The van der Waals surface area contributed by atoms with Crippen LogP contribution in [0, 0.1) is 6.92 Å². The maximum atomic E-state index is 13.2. The van der Waals surface area contributed by atoms with E-state index >= 15 is 0 Å². The van der Waals surface area contributed by atoms with Crippen molar-refractivity contribution in [2.45, 2.75) is 39.4 Å². The van der Waals surface area contributed by atoms with Crippen molar-refractivity contribution in [1.82, 2.24) is 14.5 Å². The monoisotopic (exact) mass is 490 g/mol. The van der Waals surface area contributed by atoms with E-state index < -0.39 is 11.2 Å². The van der Waals surface area contributed by atoms with Crippen molar-refractivity contribution in [3.63, 3.8) is 0 Å². The minimum absolute atomic E-state index is 0.0870. The third-order valence-corrected chi connectivity index (χ3v) is 6.57. The molecule has 2 N–H and O–H groups in total. The highest BCUT2D eigenvalue weighted by atomic mass is 32.1. The van der Waals surface area contributed by atoms with Crippen LogP contribution in [-0.2, 0) is 29.2 Å². The van der Waals surface area contributed by atoms with Gasteiger partial charge in [0.15, 0.2) is 0 Å². The number of fused-ring (bicyclic) bond motifs is 1. The van der Waals surface area contributed by atoms with Crippen LogP contribution >= 0.6 is 11.3 Å². The zero-order chi connectivity index (χ0) is 24.8. The van der Waals surface area contributed by atoms with E-state index in [0.29, 0.717) is 28.9 Å². The fourth-order valence-electron chi connectivity index (χ4n) is 3.81. The second-order valence-corrected chi connectivity index (χ2v) is 9.11. The van der Waals surface area contributed by atoms with Crippen molar-refractivity contribution in [2.24, 2.45) is 0 Å². The number of carbonyl (C=O) groups excluding carboxylic acids is 2. The summed E-state index contributed by atoms with van der Waals surface area (Å²) in [6, 6.07) is 18.6. The molecule has 0 bridgehead atoms. The first-order valence-corrected chi connectivity index (χ1v) is 12.2. The van der Waals surface area contributed by atoms with E-state index in [9.17, 15) is 19.2 Å². The van der Waals surface area contributed by atoms with Crippen LogP contribution in [0.4, 0.5) is 5.69 Å². The first kappa shape index (κ1) is 24.2. The van der Waals surface area contributed by atoms with Gasteiger partial charge in [0.25, 0.3) is 5.56 Å². The van der Waals surface area contributed by atoms with Crippen LogP contribution in [0.3, 0.4) is 0 Å². The summed E-state index contributed by atoms with van der Waals surface area (Å²) in [4.78, 5) is 51.1. The molecule has 0 aliphatic rings. The molecule has 8 nitrogen and oxygen atoms in total. The Kier molecular flexibility index (Phi) is 7.57. The Morgan fingerprint density at radius 2 is 1.66 bits per heavy atom. The van der Waals surface area contributed by atoms with Gasteiger partial charge in [0.2, 0.25) is 11.8 Å². The normalized spacial score (nSPS) is 10.9. The molecule has 0 spiro atoms. The van der Waals surface area contributed by atoms with Gasteiger partial charge in [-0.1, -0.05) is 48.5 Å². The Morgan fingerprint density at radius 3 is 2.43 bits per heavy atom. The van der Waals surface area contributed by atoms with Crippen LogP contribution in [0.1, 0.15) is 24.0 Å². The van der Waals surface area contributed by atoms with Gasteiger partial charge in [-0.25, -0.2) is 4.79 Å². The van der Waals surface area contributed by atoms with E-state index in [-0.39, 0.29) is 31.3 Å². The lowest BCUT2D eigenvalue weighted by Crippen LogP contribution is -2.41. The van der Waals surface area contributed by atoms with Crippen LogP contribution in [0.15, 0.2) is 75.6 Å². The van der Waals surface area contributed by atoms with E-state index in [0.717, 1.165) is 15.7 Å². The molecule has 0 saturated heterocycles. The predicted molar refractivity (Wildman–Crippen MR) is 138 cm³/mol. The van der Waals surface area contributed by atoms with Gasteiger partial charge in [0.1, 0.15) is 11.2 Å². The smallest absolute Gasteiger partial charge is 0.332 e. The topological polar surface area (TPSA) is 102 Å². The van der Waals surface area contributed by atoms with Crippen LogP contribution < -0.4 is 21.9 Å². The van der Waals surface area contributed by atoms with Crippen LogP contribution in [-0.4, -0.2) is 20.9 Å². The number of aromatic nitrogens is 2. The molecular weight excluding hydrogens is 464 g/mol. The first-order chi connectivity index (χ1) is 16.9. The molecule has 2 aromatic heterocycles. The standard InChI is InChI=1S/C26H26N4O4S/c1-18-8-5-6-11-20(18)28-23(32)17-30-21-13-15-35-24(21)25(33)29(26(30)34)14-7-12-22(31)27-16-19-9-3-2-4-10-19/h2-6,8-11,13,15H,7,12,14,16-17H2,1H3,(H,27,31)(H,28,32). The van der Waals surface area contributed by atoms with Crippen molar-refractivity contribution in [2.75, 3.05) is 5.32 Å². The Balaban J connectivity index is 1.46. The molecule has 35 heavy (non-hydrogen) atoms. The number of rotatable bonds is 9. The van der Waals surface area contributed by atoms with Crippen molar-refractivity contribution in [1.29, 1.82) is 0 Å². The van der Waals surface area contributed by atoms with Gasteiger partial charge in [-0.05, 0) is 42.0 Å². The molecule has 4 rings (SSSR count). The molecule has 0 aliphatic heterocycles. The lowest BCUT2D eigenvalue weighted by atomic mass is 10.2. The van der Waals surface area contributed by atoms with Crippen molar-refractivity contribution in [3.8, 4) is 0 Å². The van der Waals surface area contributed by atoms with Crippen molar-refractivity contribution >= 4 is 39.1 Å². The van der Waals surface area contributed by atoms with Gasteiger partial charge in [-0.15, -0.1) is 11.3 Å². The highest BCUT2D eigenvalue weighted by Crippen LogP contribution is 2.16. The van der Waals surface area contributed by atoms with E-state index in [1.807, 2.05) is 55.5 Å². The molecule has 0 unspecified atom stereocenters. The largest absolute Gasteiger partial charge is 0.352 e. The number of aryl methyl sites for hydroxylation is 1. The van der Waals surface area contributed by atoms with E-state index in [4.69, 9.17) is 0 Å². The number of nitrogens with zero attached hydrogens (tertiary/aromatic N) is 2. The number of amides is 2. The molecule has 2 amide bonds. The molecule has 9 heteroatoms. The van der Waals surface area contributed by atoms with E-state index in [1.54, 1.807) is 17.5 Å². The molecule has 0 atom stereocenters. The Morgan fingerprint density at radius 1 is 0.914 bits per heavy atom. The van der Waals surface area contributed by atoms with Gasteiger partial charge in [-0.3, -0.25) is 23.5 Å². The van der Waals surface area contributed by atoms with Gasteiger partial charge in [-0.2, -0.15) is 0 Å². The van der Waals surface area contributed by atoms with E-state index in [2.05, 4.69) is 10.6 Å². The minimum atomic E-state index is -0.564. The second kappa shape index (κ2) is 11.0. The summed E-state index contributed by atoms with van der Waals surface area (Å²) in [6.07, 6.45) is 0.497. The van der Waals surface area contributed by atoms with Crippen LogP contribution in [0.2, 0.25) is 0 Å². The van der Waals surface area contributed by atoms with Gasteiger partial charge < -0.3 is 10.6 Å². The lowest BCUT2D eigenvalue weighted by Gasteiger charge is -2.13. The SMILES string of the molecule is Cc1ccccc1NC(=O)Cn1c(=O)n(CCCC(=O)NCc2ccccc2)c(=O)c2sccc21. The molecule has 4 aromatic rings. The van der Waals surface area contributed by atoms with Gasteiger partial charge >= 0.3 is 5.69 Å². The number of benzene rings is 2. The number of anilines is 1. The molecule has 0 radical (unpaired) electrons. The Labute approximate surface area is 205 Å². The average molecular weight is 491 g/mol. The molecule has 0 aliphatic carbocycles. The number of thiophene rings is 1. The van der Waals surface area contributed by atoms with Gasteiger partial charge in [0.05, 0.1) is 5.52 Å². The quantitative estimate of drug-likeness (QED) is 0.376. The van der Waals surface area contributed by atoms with Crippen LogP contribution in [0.25, 0.3) is 10.2 Å². The molecular formula is C26H26N4O4S. The third-order valence-electron chi connectivity index (χ3n) is 5.68. The molecule has 0 saturated carbocycles. The molecule has 0 fully saturated rings. The maximum Gasteiger partial charge on any atom is 0.332 e. The minimum Gasteiger partial charge on any atom is -0.352 e. The fraction of sp³-hybridized carbons (Fsp3) is 0.231. The summed E-state index contributed by atoms with van der Waals surface area (Å²) < 4.78 is 2.84. The summed E-state index contributed by atoms with van der Waals surface area (Å²) in [5.74, 6) is -0.517. The van der Waals surface area contributed by atoms with Gasteiger partial charge in [0, 0.05) is 25.2 Å². The maximum absolute atomic E-state index is 13.2. The third kappa shape index (κ3) is 5.75.